The van der Waals surface area contributed by atoms with Gasteiger partial charge in [-0.05, 0) is 39.9 Å². The van der Waals surface area contributed by atoms with Crippen molar-refractivity contribution in [3.8, 4) is 0 Å². The van der Waals surface area contributed by atoms with Gasteiger partial charge < -0.3 is 5.11 Å². The van der Waals surface area contributed by atoms with Gasteiger partial charge in [0.25, 0.3) is 0 Å². The number of aromatic nitrogens is 3. The number of rotatable bonds is 6. The minimum absolute atomic E-state index is 0.210. The molecule has 0 fully saturated rings. The van der Waals surface area contributed by atoms with Crippen molar-refractivity contribution in [3.63, 3.8) is 0 Å². The maximum Gasteiger partial charge on any atom is 0.433 e. The lowest BCUT2D eigenvalue weighted by molar-refractivity contribution is -0.391. The second-order valence-electron chi connectivity index (χ2n) is 8.75. The van der Waals surface area contributed by atoms with Crippen molar-refractivity contribution in [3.05, 3.63) is 88.3 Å². The van der Waals surface area contributed by atoms with Gasteiger partial charge in [-0.1, -0.05) is 84.2 Å². The van der Waals surface area contributed by atoms with Gasteiger partial charge in [-0.25, -0.2) is 4.33 Å². The van der Waals surface area contributed by atoms with Gasteiger partial charge in [0.2, 0.25) is 10.3 Å². The fourth-order valence-electron chi connectivity index (χ4n) is 4.19. The molecule has 0 unspecified atom stereocenters. The Hall–Kier alpha value is -3.54. The van der Waals surface area contributed by atoms with Gasteiger partial charge in [0.05, 0.1) is 13.6 Å². The van der Waals surface area contributed by atoms with Crippen LogP contribution >= 0.6 is 30.6 Å². The number of aryl methyl sites for hydroxylation is 1. The standard InChI is InChI=1S/C26H32N9O2PS2/c1-7-33(38(4,20-14-10-8-11-15-20)21-16-12-9-13-17-21)24(31-34-22(36)18(2)27-29-25(34)39-5)32-35-23(37)19(3)28-30-26(35)40-6/h8-17H,7H2,1-6H3,(H2-,27,28,31,32,36,37). The molecule has 1 aliphatic rings. The number of benzene rings is 2. The van der Waals surface area contributed by atoms with Crippen molar-refractivity contribution < 1.29 is 9.43 Å². The number of hydrazine groups is 1. The summed E-state index contributed by atoms with van der Waals surface area (Å²) < 4.78 is 3.37. The molecule has 14 heteroatoms. The van der Waals surface area contributed by atoms with Crippen LogP contribution < -0.4 is 32.1 Å². The number of allylic oxidation sites excluding steroid dienone is 1. The van der Waals surface area contributed by atoms with Gasteiger partial charge in [0.15, 0.2) is 0 Å². The van der Waals surface area contributed by atoms with Crippen molar-refractivity contribution in [2.24, 2.45) is 10.2 Å². The predicted molar refractivity (Wildman–Crippen MR) is 163 cm³/mol. The largest absolute Gasteiger partial charge is 0.856 e. The number of hydrogen-bond acceptors (Lipinski definition) is 10. The van der Waals surface area contributed by atoms with Gasteiger partial charge in [0, 0.05) is 27.3 Å². The first-order chi connectivity index (χ1) is 19.3. The Morgan fingerprint density at radius 2 is 1.65 bits per heavy atom. The molecule has 0 bridgehead atoms. The fourth-order valence-corrected chi connectivity index (χ4v) is 8.45. The fraction of sp³-hybridized carbons (Fsp3) is 0.269. The second kappa shape index (κ2) is 12.8. The van der Waals surface area contributed by atoms with Gasteiger partial charge in [-0.3, -0.25) is 10.2 Å². The van der Waals surface area contributed by atoms with E-state index >= 15 is 0 Å². The van der Waals surface area contributed by atoms with Crippen LogP contribution in [0.25, 0.3) is 0 Å². The lowest BCUT2D eigenvalue weighted by Crippen LogP contribution is -2.54. The van der Waals surface area contributed by atoms with Crippen molar-refractivity contribution in [2.75, 3.05) is 25.7 Å². The van der Waals surface area contributed by atoms with E-state index in [-0.39, 0.29) is 11.6 Å². The quantitative estimate of drug-likeness (QED) is 0.190. The van der Waals surface area contributed by atoms with E-state index < -0.39 is 12.6 Å². The number of guanidine groups is 1. The van der Waals surface area contributed by atoms with Gasteiger partial charge in [-0.2, -0.15) is 10.4 Å². The molecule has 0 aliphatic carbocycles. The third kappa shape index (κ3) is 5.67. The molecule has 0 saturated carbocycles. The maximum atomic E-state index is 13.3. The highest BCUT2D eigenvalue weighted by Crippen LogP contribution is 2.42. The lowest BCUT2D eigenvalue weighted by atomic mass is 10.4. The smallest absolute Gasteiger partial charge is 0.433 e. The summed E-state index contributed by atoms with van der Waals surface area (Å²) >= 11 is 2.55. The number of thioether (sulfide) groups is 2. The zero-order valence-electron chi connectivity index (χ0n) is 23.2. The van der Waals surface area contributed by atoms with Crippen LogP contribution in [-0.4, -0.2) is 61.1 Å². The Balaban J connectivity index is 2.11. The van der Waals surface area contributed by atoms with E-state index in [2.05, 4.69) is 61.4 Å². The van der Waals surface area contributed by atoms with E-state index in [4.69, 9.17) is 5.10 Å². The van der Waals surface area contributed by atoms with Gasteiger partial charge in [0.1, 0.15) is 5.69 Å². The van der Waals surface area contributed by atoms with Crippen LogP contribution in [0.15, 0.2) is 92.4 Å². The molecule has 2 heterocycles. The van der Waals surface area contributed by atoms with Crippen LogP contribution in [0.1, 0.15) is 19.5 Å². The molecule has 2 N–H and O–H groups in total. The summed E-state index contributed by atoms with van der Waals surface area (Å²) in [6.07, 6.45) is 3.63. The number of hydrazone groups is 1. The van der Waals surface area contributed by atoms with Crippen LogP contribution in [0.4, 0.5) is 0 Å². The van der Waals surface area contributed by atoms with E-state index in [1.807, 2.05) is 49.6 Å². The third-order valence-electron chi connectivity index (χ3n) is 6.32. The van der Waals surface area contributed by atoms with Crippen LogP contribution in [0.3, 0.4) is 0 Å². The number of amidine groups is 1. The predicted octanol–water partition coefficient (Wildman–Crippen LogP) is 1.90. The first-order valence-electron chi connectivity index (χ1n) is 12.4. The molecule has 2 aromatic carbocycles. The summed E-state index contributed by atoms with van der Waals surface area (Å²) in [4.78, 5) is 13.3. The maximum absolute atomic E-state index is 13.3. The Bertz CT molecular complexity index is 1550. The number of nitrogens with zero attached hydrogens (tertiary/aromatic N) is 7. The molecule has 1 aromatic heterocycles. The first-order valence-corrected chi connectivity index (χ1v) is 17.1. The summed E-state index contributed by atoms with van der Waals surface area (Å²) in [6.45, 7) is 7.99. The minimum Gasteiger partial charge on any atom is -0.856 e. The summed E-state index contributed by atoms with van der Waals surface area (Å²) in [5, 5.41) is 35.0. The van der Waals surface area contributed by atoms with Crippen LogP contribution in [0.5, 0.6) is 0 Å². The van der Waals surface area contributed by atoms with Gasteiger partial charge >= 0.3 is 11.5 Å². The van der Waals surface area contributed by atoms with Gasteiger partial charge in [-0.15, -0.1) is 20.0 Å². The van der Waals surface area contributed by atoms with Crippen molar-refractivity contribution in [1.82, 2.24) is 30.7 Å². The highest BCUT2D eigenvalue weighted by molar-refractivity contribution is 8.13. The monoisotopic (exact) mass is 597 g/mol. The van der Waals surface area contributed by atoms with Crippen molar-refractivity contribution in [2.45, 2.75) is 25.9 Å². The van der Waals surface area contributed by atoms with E-state index in [0.717, 1.165) is 10.6 Å². The average molecular weight is 598 g/mol. The summed E-state index contributed by atoms with van der Waals surface area (Å²) in [7, 11) is -2.38. The second-order valence-corrected chi connectivity index (χ2v) is 13.7. The first kappa shape index (κ1) is 29.4. The molecule has 1 aliphatic heterocycles. The van der Waals surface area contributed by atoms with E-state index in [1.165, 1.54) is 33.2 Å². The Morgan fingerprint density at radius 3 is 2.17 bits per heavy atom. The number of hydrogen-bond donors (Lipinski definition) is 2. The van der Waals surface area contributed by atoms with Crippen molar-refractivity contribution in [1.29, 1.82) is 0 Å². The van der Waals surface area contributed by atoms with E-state index in [0.29, 0.717) is 28.5 Å². The third-order valence-corrected chi connectivity index (χ3v) is 11.6. The summed E-state index contributed by atoms with van der Waals surface area (Å²) in [6, 6.07) is 20.4. The minimum atomic E-state index is -2.38. The van der Waals surface area contributed by atoms with Crippen LogP contribution in [-0.2, 0) is 0 Å². The molecule has 11 nitrogen and oxygen atoms in total. The molecule has 3 aromatic rings. The molecule has 0 saturated heterocycles. The topological polar surface area (TPSA) is 126 Å². The van der Waals surface area contributed by atoms with E-state index in [1.54, 1.807) is 20.1 Å². The molecule has 210 valence electrons. The number of nitrogens with one attached hydrogen (secondary N) is 2. The Morgan fingerprint density at radius 1 is 1.05 bits per heavy atom. The normalized spacial score (nSPS) is 14.1. The lowest BCUT2D eigenvalue weighted by Gasteiger charge is -2.34. The molecule has 40 heavy (non-hydrogen) atoms. The summed E-state index contributed by atoms with van der Waals surface area (Å²) in [5.41, 5.74) is 6.17. The zero-order chi connectivity index (χ0) is 28.9. The Kier molecular flexibility index (Phi) is 9.39. The average Bonchev–Trinajstić information content (AvgIpc) is 2.99. The molecule has 0 spiro atoms. The van der Waals surface area contributed by atoms with Crippen molar-refractivity contribution >= 4 is 52.3 Å². The highest BCUT2D eigenvalue weighted by atomic mass is 32.2. The van der Waals surface area contributed by atoms with E-state index in [9.17, 15) is 9.90 Å². The molecule has 0 atom stereocenters. The van der Waals surface area contributed by atoms with Crippen LogP contribution in [0, 0.1) is 6.92 Å². The molecule has 0 radical (unpaired) electrons. The molecule has 4 rings (SSSR count). The van der Waals surface area contributed by atoms with Crippen LogP contribution in [0.2, 0.25) is 0 Å². The molecular formula is C26H32N9O2PS2. The highest BCUT2D eigenvalue weighted by Gasteiger charge is 2.33. The zero-order valence-corrected chi connectivity index (χ0v) is 25.7. The molecular weight excluding hydrogens is 565 g/mol. The molecule has 0 amide bonds. The Labute approximate surface area is 242 Å². The summed E-state index contributed by atoms with van der Waals surface area (Å²) in [5.74, 6) is -0.0235. The SMILES string of the molecule is CC[N+](/C(=N\n1c(SC)nnc(C)c1=O)NN1C(SC)=NNC(C)=C1[O-])=P(C)(c1ccccc1)c1ccccc1.